The zero-order chi connectivity index (χ0) is 10.3. The van der Waals surface area contributed by atoms with E-state index in [1.54, 1.807) is 6.92 Å². The number of sulfonamides is 1. The van der Waals surface area contributed by atoms with Gasteiger partial charge in [-0.05, 0) is 19.8 Å². The van der Waals surface area contributed by atoms with Crippen LogP contribution >= 0.6 is 11.6 Å². The molecule has 80 valence electrons. The quantitative estimate of drug-likeness (QED) is 0.618. The third-order valence-corrected chi connectivity index (χ3v) is 3.34. The van der Waals surface area contributed by atoms with Crippen LogP contribution < -0.4 is 4.72 Å². The fourth-order valence-corrected chi connectivity index (χ4v) is 2.53. The van der Waals surface area contributed by atoms with E-state index in [1.807, 2.05) is 0 Å². The summed E-state index contributed by atoms with van der Waals surface area (Å²) < 4.78 is 24.9. The fourth-order valence-electron chi connectivity index (χ4n) is 0.863. The van der Waals surface area contributed by atoms with Crippen molar-refractivity contribution in [3.63, 3.8) is 0 Å². The van der Waals surface area contributed by atoms with Gasteiger partial charge in [-0.25, -0.2) is 13.1 Å². The summed E-state index contributed by atoms with van der Waals surface area (Å²) in [5.74, 6) is 0.390. The Morgan fingerprint density at radius 1 is 1.54 bits per heavy atom. The number of nitrogens with one attached hydrogen (secondary N) is 1. The number of halogens is 1. The van der Waals surface area contributed by atoms with Gasteiger partial charge in [0.25, 0.3) is 0 Å². The first kappa shape index (κ1) is 13.2. The molecule has 1 atom stereocenters. The number of rotatable bonds is 7. The zero-order valence-electron chi connectivity index (χ0n) is 7.66. The Morgan fingerprint density at radius 3 is 2.62 bits per heavy atom. The summed E-state index contributed by atoms with van der Waals surface area (Å²) in [6.07, 6.45) is 0.878. The number of hydrogen-bond acceptors (Lipinski definition) is 3. The summed E-state index contributed by atoms with van der Waals surface area (Å²) >= 11 is 5.37. The summed E-state index contributed by atoms with van der Waals surface area (Å²) in [7, 11) is -3.21. The average molecular weight is 230 g/mol. The Kier molecular flexibility index (Phi) is 6.67. The number of aliphatic hydroxyl groups excluding tert-OH is 1. The van der Waals surface area contributed by atoms with E-state index in [0.29, 0.717) is 18.7 Å². The van der Waals surface area contributed by atoms with E-state index in [1.165, 1.54) is 0 Å². The highest BCUT2D eigenvalue weighted by Crippen LogP contribution is 1.96. The molecule has 2 N–H and O–H groups in total. The average Bonchev–Trinajstić information content (AvgIpc) is 2.00. The number of alkyl halides is 1. The van der Waals surface area contributed by atoms with Gasteiger partial charge >= 0.3 is 0 Å². The Balaban J connectivity index is 3.87. The molecule has 0 radical (unpaired) electrons. The molecule has 0 aromatic carbocycles. The predicted octanol–water partition coefficient (Wildman–Crippen LogP) is 0.306. The highest BCUT2D eigenvalue weighted by atomic mass is 35.5. The Hall–Kier alpha value is 0.160. The molecule has 0 aliphatic rings. The highest BCUT2D eigenvalue weighted by molar-refractivity contribution is 7.89. The summed E-state index contributed by atoms with van der Waals surface area (Å²) in [5, 5.41) is 8.55. The first-order valence-corrected chi connectivity index (χ1v) is 6.37. The summed E-state index contributed by atoms with van der Waals surface area (Å²) in [6, 6.07) is -0.217. The molecule has 0 aliphatic heterocycles. The second kappa shape index (κ2) is 6.59. The van der Waals surface area contributed by atoms with Crippen LogP contribution in [0, 0.1) is 0 Å². The van der Waals surface area contributed by atoms with Crippen LogP contribution in [0.5, 0.6) is 0 Å². The summed E-state index contributed by atoms with van der Waals surface area (Å²) in [5.41, 5.74) is 0. The highest BCUT2D eigenvalue weighted by Gasteiger charge is 2.12. The molecule has 0 saturated heterocycles. The van der Waals surface area contributed by atoms with Crippen molar-refractivity contribution in [2.75, 3.05) is 18.2 Å². The maximum absolute atomic E-state index is 11.2. The van der Waals surface area contributed by atoms with Crippen molar-refractivity contribution in [2.45, 2.75) is 25.8 Å². The lowest BCUT2D eigenvalue weighted by Gasteiger charge is -2.12. The molecular weight excluding hydrogens is 214 g/mol. The van der Waals surface area contributed by atoms with E-state index in [-0.39, 0.29) is 18.4 Å². The maximum Gasteiger partial charge on any atom is 0.211 e. The van der Waals surface area contributed by atoms with Gasteiger partial charge in [0.2, 0.25) is 10.0 Å². The molecule has 0 spiro atoms. The molecule has 0 aliphatic carbocycles. The third kappa shape index (κ3) is 7.25. The van der Waals surface area contributed by atoms with Gasteiger partial charge in [0, 0.05) is 18.5 Å². The summed E-state index contributed by atoms with van der Waals surface area (Å²) in [4.78, 5) is 0. The first-order valence-electron chi connectivity index (χ1n) is 4.18. The van der Waals surface area contributed by atoms with Crippen molar-refractivity contribution < 1.29 is 13.5 Å². The maximum atomic E-state index is 11.2. The molecule has 0 heterocycles. The predicted molar refractivity (Wildman–Crippen MR) is 53.4 cm³/mol. The van der Waals surface area contributed by atoms with Gasteiger partial charge in [0.05, 0.1) is 5.75 Å². The standard InChI is InChI=1S/C7H16ClNO3S/c1-7(3-5-10)9-13(11,12)6-2-4-8/h7,9-10H,2-6H2,1H3. The van der Waals surface area contributed by atoms with Crippen molar-refractivity contribution in [3.05, 3.63) is 0 Å². The van der Waals surface area contributed by atoms with Crippen molar-refractivity contribution in [1.29, 1.82) is 0 Å². The van der Waals surface area contributed by atoms with E-state index < -0.39 is 10.0 Å². The van der Waals surface area contributed by atoms with E-state index in [9.17, 15) is 8.42 Å². The molecule has 0 aromatic rings. The van der Waals surface area contributed by atoms with Crippen molar-refractivity contribution in [2.24, 2.45) is 0 Å². The van der Waals surface area contributed by atoms with Crippen LogP contribution in [0.1, 0.15) is 19.8 Å². The second-order valence-electron chi connectivity index (χ2n) is 2.89. The number of hydrogen-bond donors (Lipinski definition) is 2. The Labute approximate surface area is 84.3 Å². The molecule has 0 saturated carbocycles. The molecular formula is C7H16ClNO3S. The van der Waals surface area contributed by atoms with Crippen LogP contribution in [0.3, 0.4) is 0 Å². The smallest absolute Gasteiger partial charge is 0.211 e. The molecule has 0 rings (SSSR count). The minimum absolute atomic E-state index is 0.0147. The van der Waals surface area contributed by atoms with Gasteiger partial charge in [0.1, 0.15) is 0 Å². The van der Waals surface area contributed by atoms with Crippen LogP contribution in [0.15, 0.2) is 0 Å². The molecule has 4 nitrogen and oxygen atoms in total. The fraction of sp³-hybridized carbons (Fsp3) is 1.00. The Morgan fingerprint density at radius 2 is 2.15 bits per heavy atom. The van der Waals surface area contributed by atoms with Gasteiger partial charge in [-0.1, -0.05) is 0 Å². The van der Waals surface area contributed by atoms with E-state index in [0.717, 1.165) is 0 Å². The molecule has 0 aromatic heterocycles. The van der Waals surface area contributed by atoms with E-state index in [2.05, 4.69) is 4.72 Å². The first-order chi connectivity index (χ1) is 6.02. The third-order valence-electron chi connectivity index (χ3n) is 1.49. The minimum atomic E-state index is -3.21. The van der Waals surface area contributed by atoms with E-state index in [4.69, 9.17) is 16.7 Å². The van der Waals surface area contributed by atoms with Gasteiger partial charge in [0.15, 0.2) is 0 Å². The largest absolute Gasteiger partial charge is 0.396 e. The van der Waals surface area contributed by atoms with Crippen LogP contribution in [-0.2, 0) is 10.0 Å². The topological polar surface area (TPSA) is 66.4 Å². The molecule has 0 fully saturated rings. The monoisotopic (exact) mass is 229 g/mol. The van der Waals surface area contributed by atoms with Crippen LogP contribution in [-0.4, -0.2) is 37.8 Å². The number of aliphatic hydroxyl groups is 1. The van der Waals surface area contributed by atoms with Gasteiger partial charge in [-0.3, -0.25) is 0 Å². The van der Waals surface area contributed by atoms with Gasteiger partial charge < -0.3 is 5.11 Å². The van der Waals surface area contributed by atoms with Crippen LogP contribution in [0.25, 0.3) is 0 Å². The molecule has 0 amide bonds. The normalized spacial score (nSPS) is 14.4. The van der Waals surface area contributed by atoms with Crippen molar-refractivity contribution in [3.8, 4) is 0 Å². The SMILES string of the molecule is CC(CCO)NS(=O)(=O)CCCCl. The second-order valence-corrected chi connectivity index (χ2v) is 5.14. The molecule has 0 bridgehead atoms. The molecule has 6 heteroatoms. The molecule has 13 heavy (non-hydrogen) atoms. The lowest BCUT2D eigenvalue weighted by atomic mass is 10.3. The Bertz CT molecular complexity index is 218. The summed E-state index contributed by atoms with van der Waals surface area (Å²) in [6.45, 7) is 1.70. The zero-order valence-corrected chi connectivity index (χ0v) is 9.24. The molecule has 1 unspecified atom stereocenters. The minimum Gasteiger partial charge on any atom is -0.396 e. The lowest BCUT2D eigenvalue weighted by Crippen LogP contribution is -2.35. The lowest BCUT2D eigenvalue weighted by molar-refractivity contribution is 0.275. The van der Waals surface area contributed by atoms with Gasteiger partial charge in [-0.2, -0.15) is 0 Å². The van der Waals surface area contributed by atoms with Crippen LogP contribution in [0.4, 0.5) is 0 Å². The van der Waals surface area contributed by atoms with Gasteiger partial charge in [-0.15, -0.1) is 11.6 Å². The van der Waals surface area contributed by atoms with Crippen molar-refractivity contribution in [1.82, 2.24) is 4.72 Å². The van der Waals surface area contributed by atoms with E-state index >= 15 is 0 Å². The van der Waals surface area contributed by atoms with Crippen molar-refractivity contribution >= 4 is 21.6 Å². The van der Waals surface area contributed by atoms with Crippen LogP contribution in [0.2, 0.25) is 0 Å².